The van der Waals surface area contributed by atoms with Crippen molar-refractivity contribution < 1.29 is 14.3 Å². The van der Waals surface area contributed by atoms with Crippen LogP contribution in [0.2, 0.25) is 0 Å². The summed E-state index contributed by atoms with van der Waals surface area (Å²) in [4.78, 5) is 37.9. The van der Waals surface area contributed by atoms with Gasteiger partial charge >= 0.3 is 0 Å². The highest BCUT2D eigenvalue weighted by Gasteiger charge is 2.22. The van der Waals surface area contributed by atoms with Crippen LogP contribution in [0.5, 0.6) is 0 Å². The maximum atomic E-state index is 12.3. The van der Waals surface area contributed by atoms with Crippen molar-refractivity contribution in [3.05, 3.63) is 28.2 Å². The Kier molecular flexibility index (Phi) is 5.24. The lowest BCUT2D eigenvalue weighted by molar-refractivity contribution is -0.122. The number of aromatic nitrogens is 2. The molecule has 3 rings (SSSR count). The van der Waals surface area contributed by atoms with Crippen molar-refractivity contribution in [2.45, 2.75) is 38.3 Å². The zero-order valence-electron chi connectivity index (χ0n) is 13.6. The highest BCUT2D eigenvalue weighted by molar-refractivity contribution is 5.92. The Morgan fingerprint density at radius 2 is 2.04 bits per heavy atom. The molecule has 0 radical (unpaired) electrons. The van der Waals surface area contributed by atoms with E-state index in [0.29, 0.717) is 19.6 Å². The lowest BCUT2D eigenvalue weighted by Gasteiger charge is -2.15. The first-order chi connectivity index (χ1) is 11.6. The number of likely N-dealkylation sites (tertiary alicyclic amines) is 1. The van der Waals surface area contributed by atoms with Crippen molar-refractivity contribution in [2.24, 2.45) is 0 Å². The molecule has 1 unspecified atom stereocenters. The fourth-order valence-electron chi connectivity index (χ4n) is 2.98. The molecular weight excluding hydrogens is 312 g/mol. The Morgan fingerprint density at radius 3 is 2.75 bits per heavy atom. The Balaban J connectivity index is 1.61. The van der Waals surface area contributed by atoms with E-state index in [-0.39, 0.29) is 30.2 Å². The average Bonchev–Trinajstić information content (AvgIpc) is 3.28. The monoisotopic (exact) mass is 334 g/mol. The number of carbonyl (C=O) groups is 2. The lowest BCUT2D eigenvalue weighted by atomic mass is 10.2. The third-order valence-corrected chi connectivity index (χ3v) is 4.32. The first-order valence-corrected chi connectivity index (χ1v) is 8.39. The predicted octanol–water partition coefficient (Wildman–Crippen LogP) is -0.225. The van der Waals surface area contributed by atoms with Gasteiger partial charge in [0.1, 0.15) is 12.2 Å². The van der Waals surface area contributed by atoms with Gasteiger partial charge in [0.25, 0.3) is 11.5 Å². The number of amides is 2. The quantitative estimate of drug-likeness (QED) is 0.803. The van der Waals surface area contributed by atoms with E-state index >= 15 is 0 Å². The highest BCUT2D eigenvalue weighted by atomic mass is 16.5. The van der Waals surface area contributed by atoms with Crippen molar-refractivity contribution in [1.29, 1.82) is 0 Å². The van der Waals surface area contributed by atoms with Crippen LogP contribution >= 0.6 is 0 Å². The van der Waals surface area contributed by atoms with Crippen LogP contribution in [-0.4, -0.2) is 58.8 Å². The summed E-state index contributed by atoms with van der Waals surface area (Å²) >= 11 is 0. The molecular formula is C16H22N4O4. The smallest absolute Gasteiger partial charge is 0.274 e. The molecule has 0 aromatic carbocycles. The van der Waals surface area contributed by atoms with Crippen LogP contribution in [-0.2, 0) is 16.1 Å². The summed E-state index contributed by atoms with van der Waals surface area (Å²) in [7, 11) is 0. The van der Waals surface area contributed by atoms with Gasteiger partial charge in [-0.2, -0.15) is 5.10 Å². The molecule has 1 aromatic rings. The van der Waals surface area contributed by atoms with E-state index in [1.807, 2.05) is 0 Å². The first-order valence-electron chi connectivity index (χ1n) is 8.39. The van der Waals surface area contributed by atoms with E-state index in [2.05, 4.69) is 10.4 Å². The number of ether oxygens (including phenoxy) is 1. The second kappa shape index (κ2) is 7.57. The second-order valence-electron chi connectivity index (χ2n) is 6.15. The zero-order chi connectivity index (χ0) is 16.9. The fraction of sp³-hybridized carbons (Fsp3) is 0.625. The number of hydrogen-bond acceptors (Lipinski definition) is 5. The van der Waals surface area contributed by atoms with Gasteiger partial charge in [0.05, 0.1) is 6.10 Å². The van der Waals surface area contributed by atoms with Gasteiger partial charge in [-0.1, -0.05) is 0 Å². The van der Waals surface area contributed by atoms with Gasteiger partial charge < -0.3 is 15.0 Å². The predicted molar refractivity (Wildman–Crippen MR) is 85.6 cm³/mol. The van der Waals surface area contributed by atoms with Gasteiger partial charge in [-0.15, -0.1) is 0 Å². The molecule has 2 fully saturated rings. The summed E-state index contributed by atoms with van der Waals surface area (Å²) in [6.45, 7) is 2.37. The van der Waals surface area contributed by atoms with Crippen LogP contribution in [0, 0.1) is 0 Å². The van der Waals surface area contributed by atoms with Crippen molar-refractivity contribution in [1.82, 2.24) is 20.0 Å². The van der Waals surface area contributed by atoms with E-state index in [4.69, 9.17) is 4.74 Å². The number of carbonyl (C=O) groups excluding carboxylic acids is 2. The minimum atomic E-state index is -0.403. The Hall–Kier alpha value is -2.22. The minimum Gasteiger partial charge on any atom is -0.376 e. The van der Waals surface area contributed by atoms with E-state index < -0.39 is 5.56 Å². The molecule has 1 atom stereocenters. The van der Waals surface area contributed by atoms with E-state index in [1.165, 1.54) is 12.1 Å². The average molecular weight is 334 g/mol. The highest BCUT2D eigenvalue weighted by Crippen LogP contribution is 2.11. The summed E-state index contributed by atoms with van der Waals surface area (Å²) in [5, 5.41) is 6.80. The van der Waals surface area contributed by atoms with Crippen LogP contribution in [0.3, 0.4) is 0 Å². The molecule has 2 saturated heterocycles. The van der Waals surface area contributed by atoms with E-state index in [9.17, 15) is 14.4 Å². The maximum Gasteiger partial charge on any atom is 0.274 e. The summed E-state index contributed by atoms with van der Waals surface area (Å²) < 4.78 is 6.47. The molecule has 24 heavy (non-hydrogen) atoms. The molecule has 0 spiro atoms. The maximum absolute atomic E-state index is 12.3. The topological polar surface area (TPSA) is 93.5 Å². The molecule has 1 aromatic heterocycles. The Labute approximate surface area is 139 Å². The largest absolute Gasteiger partial charge is 0.376 e. The van der Waals surface area contributed by atoms with Gasteiger partial charge in [0.2, 0.25) is 5.91 Å². The van der Waals surface area contributed by atoms with Gasteiger partial charge in [-0.25, -0.2) is 4.68 Å². The normalized spacial score (nSPS) is 20.3. The van der Waals surface area contributed by atoms with Gasteiger partial charge in [0, 0.05) is 32.3 Å². The van der Waals surface area contributed by atoms with E-state index in [0.717, 1.165) is 37.0 Å². The fourth-order valence-corrected chi connectivity index (χ4v) is 2.98. The Morgan fingerprint density at radius 1 is 1.25 bits per heavy atom. The molecule has 0 bridgehead atoms. The van der Waals surface area contributed by atoms with Crippen LogP contribution in [0.4, 0.5) is 0 Å². The summed E-state index contributed by atoms with van der Waals surface area (Å²) in [5.74, 6) is -0.508. The van der Waals surface area contributed by atoms with Crippen molar-refractivity contribution in [3.63, 3.8) is 0 Å². The van der Waals surface area contributed by atoms with Crippen LogP contribution in [0.1, 0.15) is 36.2 Å². The number of nitrogens with one attached hydrogen (secondary N) is 1. The minimum absolute atomic E-state index is 0.0432. The summed E-state index contributed by atoms with van der Waals surface area (Å²) in [6, 6.07) is 2.70. The molecule has 3 heterocycles. The zero-order valence-corrected chi connectivity index (χ0v) is 13.6. The molecule has 1 N–H and O–H groups in total. The van der Waals surface area contributed by atoms with Gasteiger partial charge in [-0.3, -0.25) is 14.4 Å². The van der Waals surface area contributed by atoms with Crippen LogP contribution in [0.25, 0.3) is 0 Å². The molecule has 0 aliphatic carbocycles. The van der Waals surface area contributed by atoms with E-state index in [1.54, 1.807) is 4.90 Å². The van der Waals surface area contributed by atoms with Crippen LogP contribution < -0.4 is 10.9 Å². The lowest BCUT2D eigenvalue weighted by Crippen LogP contribution is -2.38. The third kappa shape index (κ3) is 4.00. The Bertz CT molecular complexity index is 660. The van der Waals surface area contributed by atoms with Gasteiger partial charge in [0.15, 0.2) is 0 Å². The number of hydrogen-bond donors (Lipinski definition) is 1. The van der Waals surface area contributed by atoms with Crippen molar-refractivity contribution in [2.75, 3.05) is 26.2 Å². The summed E-state index contributed by atoms with van der Waals surface area (Å²) in [5.41, 5.74) is -0.205. The molecule has 8 heteroatoms. The molecule has 2 aliphatic heterocycles. The first kappa shape index (κ1) is 16.6. The molecule has 2 amide bonds. The third-order valence-electron chi connectivity index (χ3n) is 4.32. The molecule has 8 nitrogen and oxygen atoms in total. The molecule has 0 saturated carbocycles. The summed E-state index contributed by atoms with van der Waals surface area (Å²) in [6.07, 6.45) is 3.94. The van der Waals surface area contributed by atoms with Crippen molar-refractivity contribution in [3.8, 4) is 0 Å². The number of rotatable bonds is 5. The van der Waals surface area contributed by atoms with Gasteiger partial charge in [-0.05, 0) is 31.7 Å². The molecule has 2 aliphatic rings. The number of nitrogens with zero attached hydrogens (tertiary/aromatic N) is 3. The van der Waals surface area contributed by atoms with Crippen LogP contribution in [0.15, 0.2) is 16.9 Å². The standard InChI is InChI=1S/C16H22N4O4/c21-14(17-10-12-4-3-9-24-12)11-20-15(22)6-5-13(18-20)16(23)19-7-1-2-8-19/h5-6,12H,1-4,7-11H2,(H,17,21). The molecule has 130 valence electrons. The second-order valence-corrected chi connectivity index (χ2v) is 6.15. The van der Waals surface area contributed by atoms with Crippen molar-refractivity contribution >= 4 is 11.8 Å². The SMILES string of the molecule is O=C(Cn1nc(C(=O)N2CCCC2)ccc1=O)NCC1CCCO1.